The average molecular weight is 404 g/mol. The smallest absolute Gasteiger partial charge is 0.329 e. The predicted octanol–water partition coefficient (Wildman–Crippen LogP) is 0.679. The molecule has 29 heavy (non-hydrogen) atoms. The van der Waals surface area contributed by atoms with Crippen LogP contribution in [0.5, 0.6) is 5.75 Å². The Morgan fingerprint density at radius 3 is 2.59 bits per heavy atom. The number of hydrogen-bond donors (Lipinski definition) is 2. The molecule has 2 rings (SSSR count). The maximum atomic E-state index is 11.8. The van der Waals surface area contributed by atoms with Gasteiger partial charge in [-0.3, -0.25) is 14.4 Å². The Bertz CT molecular complexity index is 710. The highest BCUT2D eigenvalue weighted by Crippen LogP contribution is 2.12. The van der Waals surface area contributed by atoms with Gasteiger partial charge in [0, 0.05) is 26.2 Å². The monoisotopic (exact) mass is 404 g/mol. The van der Waals surface area contributed by atoms with Gasteiger partial charge in [-0.1, -0.05) is 0 Å². The first-order valence-electron chi connectivity index (χ1n) is 9.77. The lowest BCUT2D eigenvalue weighted by molar-refractivity contribution is -0.145. The summed E-state index contributed by atoms with van der Waals surface area (Å²) in [5, 5.41) is 6.58. The SMILES string of the molecule is CCN(CC)C(=O)C(=O)N/N=C\c1ccc(OCC(=O)NC[C@H]2CCCO2)cc1. The second-order valence-corrected chi connectivity index (χ2v) is 6.47. The summed E-state index contributed by atoms with van der Waals surface area (Å²) >= 11 is 0. The molecule has 0 aromatic heterocycles. The normalized spacial score (nSPS) is 15.9. The number of nitrogens with zero attached hydrogens (tertiary/aromatic N) is 2. The molecular weight excluding hydrogens is 376 g/mol. The quantitative estimate of drug-likeness (QED) is 0.357. The fraction of sp³-hybridized carbons (Fsp3) is 0.500. The summed E-state index contributed by atoms with van der Waals surface area (Å²) in [5.74, 6) is -1.06. The molecule has 0 unspecified atom stereocenters. The van der Waals surface area contributed by atoms with E-state index in [0.29, 0.717) is 30.9 Å². The summed E-state index contributed by atoms with van der Waals surface area (Å²) in [6.45, 7) is 5.69. The van der Waals surface area contributed by atoms with Gasteiger partial charge in [-0.2, -0.15) is 5.10 Å². The fourth-order valence-electron chi connectivity index (χ4n) is 2.75. The van der Waals surface area contributed by atoms with Gasteiger partial charge in [-0.25, -0.2) is 5.43 Å². The lowest BCUT2D eigenvalue weighted by Crippen LogP contribution is -2.41. The van der Waals surface area contributed by atoms with Gasteiger partial charge in [-0.15, -0.1) is 0 Å². The van der Waals surface area contributed by atoms with E-state index in [9.17, 15) is 14.4 Å². The number of amides is 3. The lowest BCUT2D eigenvalue weighted by Gasteiger charge is -2.16. The van der Waals surface area contributed by atoms with Crippen LogP contribution in [0.2, 0.25) is 0 Å². The zero-order valence-corrected chi connectivity index (χ0v) is 16.8. The third-order valence-electron chi connectivity index (χ3n) is 4.43. The zero-order valence-electron chi connectivity index (χ0n) is 16.8. The van der Waals surface area contributed by atoms with Crippen LogP contribution in [0.15, 0.2) is 29.4 Å². The van der Waals surface area contributed by atoms with Crippen LogP contribution in [0.25, 0.3) is 0 Å². The van der Waals surface area contributed by atoms with Crippen LogP contribution in [-0.4, -0.2) is 67.8 Å². The molecule has 1 aromatic rings. The minimum absolute atomic E-state index is 0.0797. The predicted molar refractivity (Wildman–Crippen MR) is 108 cm³/mol. The van der Waals surface area contributed by atoms with E-state index in [1.165, 1.54) is 11.1 Å². The molecule has 9 nitrogen and oxygen atoms in total. The van der Waals surface area contributed by atoms with Gasteiger partial charge in [0.25, 0.3) is 5.91 Å². The summed E-state index contributed by atoms with van der Waals surface area (Å²) in [4.78, 5) is 36.8. The van der Waals surface area contributed by atoms with Crippen molar-refractivity contribution in [1.29, 1.82) is 0 Å². The zero-order chi connectivity index (χ0) is 21.1. The molecule has 1 saturated heterocycles. The molecule has 1 atom stereocenters. The number of rotatable bonds is 9. The number of benzene rings is 1. The van der Waals surface area contributed by atoms with Crippen molar-refractivity contribution in [1.82, 2.24) is 15.6 Å². The van der Waals surface area contributed by atoms with E-state index >= 15 is 0 Å². The topological polar surface area (TPSA) is 109 Å². The van der Waals surface area contributed by atoms with Crippen LogP contribution < -0.4 is 15.5 Å². The van der Waals surface area contributed by atoms with Crippen molar-refractivity contribution >= 4 is 23.9 Å². The van der Waals surface area contributed by atoms with Crippen molar-refractivity contribution in [3.05, 3.63) is 29.8 Å². The van der Waals surface area contributed by atoms with Crippen molar-refractivity contribution in [2.45, 2.75) is 32.8 Å². The highest BCUT2D eigenvalue weighted by molar-refractivity contribution is 6.34. The molecule has 158 valence electrons. The number of carbonyl (C=O) groups excluding carboxylic acids is 3. The fourth-order valence-corrected chi connectivity index (χ4v) is 2.75. The van der Waals surface area contributed by atoms with Crippen molar-refractivity contribution in [2.24, 2.45) is 5.10 Å². The average Bonchev–Trinajstić information content (AvgIpc) is 3.26. The van der Waals surface area contributed by atoms with Gasteiger partial charge in [-0.05, 0) is 56.5 Å². The van der Waals surface area contributed by atoms with Gasteiger partial charge >= 0.3 is 11.8 Å². The number of hydrogen-bond acceptors (Lipinski definition) is 6. The molecule has 0 spiro atoms. The molecule has 2 N–H and O–H groups in total. The van der Waals surface area contributed by atoms with Crippen LogP contribution in [0.1, 0.15) is 32.3 Å². The molecule has 0 aliphatic carbocycles. The third-order valence-corrected chi connectivity index (χ3v) is 4.43. The van der Waals surface area contributed by atoms with Gasteiger partial charge in [0.2, 0.25) is 0 Å². The largest absolute Gasteiger partial charge is 0.484 e. The second-order valence-electron chi connectivity index (χ2n) is 6.47. The van der Waals surface area contributed by atoms with Crippen molar-refractivity contribution in [3.63, 3.8) is 0 Å². The molecule has 3 amide bonds. The summed E-state index contributed by atoms with van der Waals surface area (Å²) in [7, 11) is 0. The third kappa shape index (κ3) is 7.53. The second kappa shape index (κ2) is 11.8. The molecule has 1 aliphatic heterocycles. The van der Waals surface area contributed by atoms with Crippen molar-refractivity contribution in [2.75, 3.05) is 32.8 Å². The maximum Gasteiger partial charge on any atom is 0.329 e. The Balaban J connectivity index is 1.72. The van der Waals surface area contributed by atoms with Crippen LogP contribution >= 0.6 is 0 Å². The molecule has 0 bridgehead atoms. The molecule has 1 aromatic carbocycles. The Morgan fingerprint density at radius 1 is 1.24 bits per heavy atom. The summed E-state index contributed by atoms with van der Waals surface area (Å²) in [6.07, 6.45) is 3.52. The minimum Gasteiger partial charge on any atom is -0.484 e. The molecule has 1 aliphatic rings. The minimum atomic E-state index is -0.779. The Labute approximate surface area is 170 Å². The summed E-state index contributed by atoms with van der Waals surface area (Å²) in [6, 6.07) is 6.83. The molecular formula is C20H28N4O5. The van der Waals surface area contributed by atoms with E-state index in [4.69, 9.17) is 9.47 Å². The Kier molecular flexibility index (Phi) is 9.10. The van der Waals surface area contributed by atoms with Gasteiger partial charge in [0.1, 0.15) is 5.75 Å². The summed E-state index contributed by atoms with van der Waals surface area (Å²) in [5.41, 5.74) is 2.92. The number of likely N-dealkylation sites (N-methyl/N-ethyl adjacent to an activating group) is 1. The van der Waals surface area contributed by atoms with Crippen LogP contribution in [0, 0.1) is 0 Å². The van der Waals surface area contributed by atoms with Crippen LogP contribution in [-0.2, 0) is 19.1 Å². The molecule has 1 heterocycles. The van der Waals surface area contributed by atoms with Gasteiger partial charge < -0.3 is 19.7 Å². The lowest BCUT2D eigenvalue weighted by atomic mass is 10.2. The van der Waals surface area contributed by atoms with E-state index < -0.39 is 11.8 Å². The first-order chi connectivity index (χ1) is 14.0. The highest BCUT2D eigenvalue weighted by Gasteiger charge is 2.18. The molecule has 0 saturated carbocycles. The standard InChI is InChI=1S/C20H28N4O5/c1-3-24(4-2)20(27)19(26)23-22-12-15-7-9-16(10-8-15)29-14-18(25)21-13-17-6-5-11-28-17/h7-10,12,17H,3-6,11,13-14H2,1-2H3,(H,21,25)(H,23,26)/b22-12-/t17-/m1/s1. The number of hydrazone groups is 1. The molecule has 9 heteroatoms. The van der Waals surface area contributed by atoms with E-state index in [0.717, 1.165) is 19.4 Å². The number of carbonyl (C=O) groups is 3. The highest BCUT2D eigenvalue weighted by atomic mass is 16.5. The molecule has 1 fully saturated rings. The first-order valence-corrected chi connectivity index (χ1v) is 9.77. The number of nitrogens with one attached hydrogen (secondary N) is 2. The Morgan fingerprint density at radius 2 is 1.97 bits per heavy atom. The Hall–Kier alpha value is -2.94. The van der Waals surface area contributed by atoms with E-state index in [1.54, 1.807) is 38.1 Å². The van der Waals surface area contributed by atoms with Gasteiger partial charge in [0.05, 0.1) is 12.3 Å². The summed E-state index contributed by atoms with van der Waals surface area (Å²) < 4.78 is 10.9. The van der Waals surface area contributed by atoms with E-state index in [2.05, 4.69) is 15.8 Å². The molecule has 0 radical (unpaired) electrons. The van der Waals surface area contributed by atoms with E-state index in [1.807, 2.05) is 0 Å². The van der Waals surface area contributed by atoms with Crippen LogP contribution in [0.4, 0.5) is 0 Å². The van der Waals surface area contributed by atoms with E-state index in [-0.39, 0.29) is 18.6 Å². The first kappa shape index (κ1) is 22.4. The van der Waals surface area contributed by atoms with Crippen molar-refractivity contribution < 1.29 is 23.9 Å². The van der Waals surface area contributed by atoms with Crippen molar-refractivity contribution in [3.8, 4) is 5.75 Å². The van der Waals surface area contributed by atoms with Crippen LogP contribution in [0.3, 0.4) is 0 Å². The van der Waals surface area contributed by atoms with Gasteiger partial charge in [0.15, 0.2) is 6.61 Å². The maximum absolute atomic E-state index is 11.8. The number of ether oxygens (including phenoxy) is 2.